The van der Waals surface area contributed by atoms with Crippen LogP contribution in [0.4, 0.5) is 13.2 Å². The van der Waals surface area contributed by atoms with Gasteiger partial charge in [0, 0.05) is 22.7 Å². The maximum Gasteiger partial charge on any atom is 0.441 e. The molecule has 0 heterocycles. The highest BCUT2D eigenvalue weighted by Gasteiger charge is 2.27. The van der Waals surface area contributed by atoms with Crippen LogP contribution in [0.5, 0.6) is 5.75 Å². The minimum atomic E-state index is -4.23. The highest BCUT2D eigenvalue weighted by Crippen LogP contribution is 2.34. The summed E-state index contributed by atoms with van der Waals surface area (Å²) < 4.78 is 42.0. The van der Waals surface area contributed by atoms with Crippen LogP contribution < -0.4 is 10.5 Å². The molecule has 21 heavy (non-hydrogen) atoms. The average molecular weight is 315 g/mol. The van der Waals surface area contributed by atoms with Crippen molar-refractivity contribution < 1.29 is 17.9 Å². The van der Waals surface area contributed by atoms with E-state index in [2.05, 4.69) is 0 Å². The maximum absolute atomic E-state index is 12.1. The van der Waals surface area contributed by atoms with Crippen LogP contribution in [-0.2, 0) is 0 Å². The molecule has 0 aliphatic rings. The Kier molecular flexibility index (Phi) is 5.00. The van der Waals surface area contributed by atoms with Crippen LogP contribution in [0, 0.1) is 0 Å². The predicted molar refractivity (Wildman–Crippen MR) is 80.6 cm³/mol. The Morgan fingerprint density at radius 3 is 2.57 bits per heavy atom. The van der Waals surface area contributed by atoms with Crippen LogP contribution in [0.3, 0.4) is 0 Å². The summed E-state index contributed by atoms with van der Waals surface area (Å²) in [5, 5.41) is 1.84. The summed E-state index contributed by atoms with van der Waals surface area (Å²) in [5.41, 5.74) is 2.48. The van der Waals surface area contributed by atoms with Gasteiger partial charge < -0.3 is 10.5 Å². The van der Waals surface area contributed by atoms with Crippen molar-refractivity contribution in [1.82, 2.24) is 0 Å². The van der Waals surface area contributed by atoms with Gasteiger partial charge in [-0.2, -0.15) is 13.2 Å². The lowest BCUT2D eigenvalue weighted by Crippen LogP contribution is -2.11. The van der Waals surface area contributed by atoms with Crippen molar-refractivity contribution in [3.8, 4) is 5.75 Å². The second-order valence-corrected chi connectivity index (χ2v) is 5.80. The normalized spacial score (nSPS) is 13.4. The highest BCUT2D eigenvalue weighted by atomic mass is 32.2. The SMILES string of the molecule is CC(N)c1ccc2ccccc2c1OCCSC(F)(F)F. The average Bonchev–Trinajstić information content (AvgIpc) is 2.42. The number of halogens is 3. The van der Waals surface area contributed by atoms with Gasteiger partial charge in [0.2, 0.25) is 0 Å². The molecule has 1 atom stereocenters. The standard InChI is InChI=1S/C15H16F3NOS/c1-10(19)12-7-6-11-4-2-3-5-13(11)14(12)20-8-9-21-15(16,17)18/h2-7,10H,8-9,19H2,1H3. The van der Waals surface area contributed by atoms with Crippen molar-refractivity contribution in [2.75, 3.05) is 12.4 Å². The fraction of sp³-hybridized carbons (Fsp3) is 0.333. The lowest BCUT2D eigenvalue weighted by atomic mass is 10.0. The smallest absolute Gasteiger partial charge is 0.441 e. The third kappa shape index (κ3) is 4.28. The first kappa shape index (κ1) is 16.0. The molecule has 114 valence electrons. The molecular formula is C15H16F3NOS. The number of nitrogens with two attached hydrogens (primary N) is 1. The molecule has 0 spiro atoms. The number of hydrogen-bond donors (Lipinski definition) is 1. The molecule has 1 unspecified atom stereocenters. The van der Waals surface area contributed by atoms with Crippen molar-refractivity contribution >= 4 is 22.5 Å². The Hall–Kier alpha value is -1.40. The summed E-state index contributed by atoms with van der Waals surface area (Å²) in [5.74, 6) is 0.427. The number of benzene rings is 2. The van der Waals surface area contributed by atoms with Crippen LogP contribution in [0.15, 0.2) is 36.4 Å². The molecule has 2 nitrogen and oxygen atoms in total. The molecule has 0 saturated carbocycles. The lowest BCUT2D eigenvalue weighted by Gasteiger charge is -2.17. The van der Waals surface area contributed by atoms with Gasteiger partial charge in [0.05, 0.1) is 6.61 Å². The van der Waals surface area contributed by atoms with Gasteiger partial charge in [0.15, 0.2) is 0 Å². The van der Waals surface area contributed by atoms with E-state index in [0.29, 0.717) is 5.75 Å². The quantitative estimate of drug-likeness (QED) is 0.826. The Labute approximate surface area is 125 Å². The van der Waals surface area contributed by atoms with E-state index in [0.717, 1.165) is 16.3 Å². The van der Waals surface area contributed by atoms with Crippen LogP contribution in [0.25, 0.3) is 10.8 Å². The van der Waals surface area contributed by atoms with E-state index in [4.69, 9.17) is 10.5 Å². The highest BCUT2D eigenvalue weighted by molar-refractivity contribution is 8.00. The van der Waals surface area contributed by atoms with Crippen molar-refractivity contribution in [2.45, 2.75) is 18.5 Å². The fourth-order valence-electron chi connectivity index (χ4n) is 2.08. The second kappa shape index (κ2) is 6.58. The third-order valence-electron chi connectivity index (χ3n) is 3.00. The Bertz CT molecular complexity index is 613. The first-order valence-electron chi connectivity index (χ1n) is 6.49. The molecule has 0 radical (unpaired) electrons. The van der Waals surface area contributed by atoms with Crippen molar-refractivity contribution in [3.05, 3.63) is 42.0 Å². The van der Waals surface area contributed by atoms with Crippen LogP contribution in [0.2, 0.25) is 0 Å². The van der Waals surface area contributed by atoms with Crippen LogP contribution in [-0.4, -0.2) is 17.9 Å². The molecule has 0 aliphatic heterocycles. The van der Waals surface area contributed by atoms with E-state index in [1.165, 1.54) is 0 Å². The lowest BCUT2D eigenvalue weighted by molar-refractivity contribution is -0.0329. The molecule has 0 fully saturated rings. The number of fused-ring (bicyclic) bond motifs is 1. The molecule has 2 aromatic carbocycles. The van der Waals surface area contributed by atoms with Crippen molar-refractivity contribution in [2.24, 2.45) is 5.73 Å². The van der Waals surface area contributed by atoms with Gasteiger partial charge in [-0.1, -0.05) is 36.4 Å². The summed E-state index contributed by atoms with van der Waals surface area (Å²) in [6.45, 7) is 1.80. The van der Waals surface area contributed by atoms with E-state index < -0.39 is 5.51 Å². The summed E-state index contributed by atoms with van der Waals surface area (Å²) in [4.78, 5) is 0. The molecular weight excluding hydrogens is 299 g/mol. The fourth-order valence-corrected chi connectivity index (χ4v) is 2.48. The zero-order chi connectivity index (χ0) is 15.5. The molecule has 6 heteroatoms. The van der Waals surface area contributed by atoms with Crippen LogP contribution in [0.1, 0.15) is 18.5 Å². The maximum atomic E-state index is 12.1. The third-order valence-corrected chi connectivity index (χ3v) is 3.69. The zero-order valence-corrected chi connectivity index (χ0v) is 12.3. The van der Waals surface area contributed by atoms with Gasteiger partial charge in [-0.05, 0) is 24.1 Å². The number of hydrogen-bond acceptors (Lipinski definition) is 3. The zero-order valence-electron chi connectivity index (χ0n) is 11.5. The minimum Gasteiger partial charge on any atom is -0.492 e. The van der Waals surface area contributed by atoms with E-state index in [9.17, 15) is 13.2 Å². The van der Waals surface area contributed by atoms with Crippen LogP contribution >= 0.6 is 11.8 Å². The van der Waals surface area contributed by atoms with Gasteiger partial charge >= 0.3 is 5.51 Å². The number of rotatable bonds is 5. The van der Waals surface area contributed by atoms with E-state index in [1.807, 2.05) is 43.3 Å². The van der Waals surface area contributed by atoms with Gasteiger partial charge in [0.1, 0.15) is 5.75 Å². The molecule has 0 aliphatic carbocycles. The molecule has 0 saturated heterocycles. The summed E-state index contributed by atoms with van der Waals surface area (Å²) >= 11 is -0.0838. The Morgan fingerprint density at radius 1 is 1.19 bits per heavy atom. The largest absolute Gasteiger partial charge is 0.492 e. The van der Waals surface area contributed by atoms with E-state index in [-0.39, 0.29) is 30.2 Å². The summed E-state index contributed by atoms with van der Waals surface area (Å²) in [6.07, 6.45) is 0. The minimum absolute atomic E-state index is 0.0160. The predicted octanol–water partition coefficient (Wildman–Crippen LogP) is 4.49. The van der Waals surface area contributed by atoms with E-state index in [1.54, 1.807) is 0 Å². The number of alkyl halides is 3. The van der Waals surface area contributed by atoms with Gasteiger partial charge in [-0.25, -0.2) is 0 Å². The summed E-state index contributed by atoms with van der Waals surface area (Å²) in [7, 11) is 0. The van der Waals surface area contributed by atoms with E-state index >= 15 is 0 Å². The Balaban J connectivity index is 2.21. The Morgan fingerprint density at radius 2 is 1.90 bits per heavy atom. The number of thioether (sulfide) groups is 1. The molecule has 0 amide bonds. The van der Waals surface area contributed by atoms with Crippen molar-refractivity contribution in [3.63, 3.8) is 0 Å². The molecule has 2 N–H and O–H groups in total. The first-order valence-corrected chi connectivity index (χ1v) is 7.48. The molecule has 2 rings (SSSR count). The monoisotopic (exact) mass is 315 g/mol. The number of ether oxygens (including phenoxy) is 1. The van der Waals surface area contributed by atoms with Gasteiger partial charge in [-0.3, -0.25) is 0 Å². The second-order valence-electron chi connectivity index (χ2n) is 4.64. The summed E-state index contributed by atoms with van der Waals surface area (Å²) in [6, 6.07) is 11.1. The molecule has 2 aromatic rings. The molecule has 0 aromatic heterocycles. The first-order chi connectivity index (χ1) is 9.88. The van der Waals surface area contributed by atoms with Gasteiger partial charge in [0.25, 0.3) is 0 Å². The topological polar surface area (TPSA) is 35.2 Å². The molecule has 0 bridgehead atoms. The van der Waals surface area contributed by atoms with Gasteiger partial charge in [-0.15, -0.1) is 0 Å². The van der Waals surface area contributed by atoms with Crippen molar-refractivity contribution in [1.29, 1.82) is 0 Å².